The largest absolute Gasteiger partial charge is 0.448 e. The lowest BCUT2D eigenvalue weighted by molar-refractivity contribution is -0.133. The summed E-state index contributed by atoms with van der Waals surface area (Å²) in [6.07, 6.45) is 1.42. The highest BCUT2D eigenvalue weighted by atomic mass is 16.6. The molecule has 2 aliphatic heterocycles. The molecule has 21 heavy (non-hydrogen) atoms. The van der Waals surface area contributed by atoms with Crippen LogP contribution in [0.15, 0.2) is 4.52 Å². The summed E-state index contributed by atoms with van der Waals surface area (Å²) in [5, 5.41) is 3.94. The number of cyclic esters (lactones) is 1. The summed E-state index contributed by atoms with van der Waals surface area (Å²) in [4.78, 5) is 31.1. The normalized spacial score (nSPS) is 22.5. The summed E-state index contributed by atoms with van der Waals surface area (Å²) in [5.41, 5.74) is 0. The third-order valence-electron chi connectivity index (χ3n) is 3.85. The van der Waals surface area contributed by atoms with E-state index < -0.39 is 6.09 Å². The van der Waals surface area contributed by atoms with Crippen LogP contribution in [0.3, 0.4) is 0 Å². The molecule has 1 aromatic heterocycles. The molecule has 0 aromatic carbocycles. The van der Waals surface area contributed by atoms with Crippen LogP contribution < -0.4 is 0 Å². The van der Waals surface area contributed by atoms with Crippen LogP contribution in [0.25, 0.3) is 0 Å². The summed E-state index contributed by atoms with van der Waals surface area (Å²) >= 11 is 0. The van der Waals surface area contributed by atoms with Gasteiger partial charge in [0.1, 0.15) is 13.2 Å². The molecule has 2 fully saturated rings. The van der Waals surface area contributed by atoms with Gasteiger partial charge in [-0.25, -0.2) is 4.79 Å². The van der Waals surface area contributed by atoms with Gasteiger partial charge >= 0.3 is 6.09 Å². The van der Waals surface area contributed by atoms with Crippen LogP contribution in [0.4, 0.5) is 4.79 Å². The Morgan fingerprint density at radius 1 is 1.43 bits per heavy atom. The zero-order valence-corrected chi connectivity index (χ0v) is 11.9. The van der Waals surface area contributed by atoms with Crippen molar-refractivity contribution in [2.75, 3.05) is 32.8 Å². The minimum absolute atomic E-state index is 0.0567. The van der Waals surface area contributed by atoms with E-state index in [0.29, 0.717) is 38.0 Å². The van der Waals surface area contributed by atoms with Crippen molar-refractivity contribution in [3.05, 3.63) is 11.7 Å². The first kappa shape index (κ1) is 13.8. The van der Waals surface area contributed by atoms with Crippen LogP contribution in [0.1, 0.15) is 30.5 Å². The molecule has 0 bridgehead atoms. The summed E-state index contributed by atoms with van der Waals surface area (Å²) in [7, 11) is 0. The summed E-state index contributed by atoms with van der Waals surface area (Å²) in [5.74, 6) is 1.24. The fraction of sp³-hybridized carbons (Fsp3) is 0.692. The average molecular weight is 294 g/mol. The number of aryl methyl sites for hydroxylation is 1. The van der Waals surface area contributed by atoms with Crippen LogP contribution in [0.5, 0.6) is 0 Å². The predicted molar refractivity (Wildman–Crippen MR) is 70.5 cm³/mol. The van der Waals surface area contributed by atoms with Gasteiger partial charge in [0.05, 0.1) is 6.54 Å². The minimum atomic E-state index is -0.411. The van der Waals surface area contributed by atoms with Crippen LogP contribution in [0, 0.1) is 6.92 Å². The Hall–Kier alpha value is -2.12. The molecule has 8 heteroatoms. The summed E-state index contributed by atoms with van der Waals surface area (Å²) < 4.78 is 9.83. The quantitative estimate of drug-likeness (QED) is 0.808. The Morgan fingerprint density at radius 3 is 2.95 bits per heavy atom. The van der Waals surface area contributed by atoms with E-state index in [1.165, 1.54) is 4.90 Å². The Labute approximate surface area is 122 Å². The molecule has 0 radical (unpaired) electrons. The smallest absolute Gasteiger partial charge is 0.410 e. The predicted octanol–water partition coefficient (Wildman–Crippen LogP) is 0.536. The monoisotopic (exact) mass is 294 g/mol. The molecule has 3 rings (SSSR count). The summed E-state index contributed by atoms with van der Waals surface area (Å²) in [6.45, 7) is 3.94. The van der Waals surface area contributed by atoms with E-state index in [-0.39, 0.29) is 18.4 Å². The molecule has 2 aliphatic rings. The highest BCUT2D eigenvalue weighted by molar-refractivity contribution is 5.83. The van der Waals surface area contributed by atoms with Crippen molar-refractivity contribution >= 4 is 12.0 Å². The molecule has 0 aliphatic carbocycles. The number of ether oxygens (including phenoxy) is 1. The van der Waals surface area contributed by atoms with Crippen molar-refractivity contribution in [1.82, 2.24) is 19.9 Å². The van der Waals surface area contributed by atoms with Crippen molar-refractivity contribution in [2.45, 2.75) is 25.7 Å². The number of piperidine rings is 1. The zero-order chi connectivity index (χ0) is 14.8. The Morgan fingerprint density at radius 2 is 2.29 bits per heavy atom. The first-order valence-corrected chi connectivity index (χ1v) is 7.13. The first-order valence-electron chi connectivity index (χ1n) is 7.13. The van der Waals surface area contributed by atoms with E-state index in [9.17, 15) is 9.59 Å². The van der Waals surface area contributed by atoms with Crippen LogP contribution >= 0.6 is 0 Å². The van der Waals surface area contributed by atoms with E-state index in [0.717, 1.165) is 12.8 Å². The van der Waals surface area contributed by atoms with Crippen molar-refractivity contribution in [3.8, 4) is 0 Å². The molecule has 0 N–H and O–H groups in total. The van der Waals surface area contributed by atoms with E-state index in [2.05, 4.69) is 10.1 Å². The third-order valence-corrected chi connectivity index (χ3v) is 3.85. The van der Waals surface area contributed by atoms with Crippen molar-refractivity contribution in [2.24, 2.45) is 0 Å². The Kier molecular flexibility index (Phi) is 3.76. The maximum atomic E-state index is 12.3. The second kappa shape index (κ2) is 5.71. The lowest BCUT2D eigenvalue weighted by Gasteiger charge is -2.32. The molecular weight excluding hydrogens is 276 g/mol. The van der Waals surface area contributed by atoms with Gasteiger partial charge in [0, 0.05) is 25.9 Å². The van der Waals surface area contributed by atoms with Gasteiger partial charge in [0.2, 0.25) is 11.8 Å². The molecule has 3 heterocycles. The second-order valence-corrected chi connectivity index (χ2v) is 5.39. The van der Waals surface area contributed by atoms with E-state index >= 15 is 0 Å². The van der Waals surface area contributed by atoms with Gasteiger partial charge in [-0.1, -0.05) is 5.16 Å². The number of nitrogens with zero attached hydrogens (tertiary/aromatic N) is 4. The number of hydrogen-bond acceptors (Lipinski definition) is 6. The molecule has 114 valence electrons. The highest BCUT2D eigenvalue weighted by Gasteiger charge is 2.31. The number of aromatic nitrogens is 2. The topological polar surface area (TPSA) is 88.8 Å². The average Bonchev–Trinajstić information content (AvgIpc) is 3.08. The SMILES string of the molecule is Cc1nc([C@@H]2CCCN(C(=O)CN3CCOC3=O)C2)no1. The van der Waals surface area contributed by atoms with Gasteiger partial charge < -0.3 is 14.2 Å². The van der Waals surface area contributed by atoms with E-state index in [4.69, 9.17) is 9.26 Å². The van der Waals surface area contributed by atoms with Gasteiger partial charge in [-0.2, -0.15) is 4.98 Å². The van der Waals surface area contributed by atoms with Crippen molar-refractivity contribution in [3.63, 3.8) is 0 Å². The zero-order valence-electron chi connectivity index (χ0n) is 11.9. The molecule has 8 nitrogen and oxygen atoms in total. The fourth-order valence-corrected chi connectivity index (χ4v) is 2.73. The third kappa shape index (κ3) is 2.98. The fourth-order valence-electron chi connectivity index (χ4n) is 2.73. The molecular formula is C13H18N4O4. The van der Waals surface area contributed by atoms with Gasteiger partial charge in [0.15, 0.2) is 5.82 Å². The summed E-state index contributed by atoms with van der Waals surface area (Å²) in [6, 6.07) is 0. The van der Waals surface area contributed by atoms with Gasteiger partial charge in [-0.05, 0) is 12.8 Å². The lowest BCUT2D eigenvalue weighted by Crippen LogP contribution is -2.45. The first-order chi connectivity index (χ1) is 10.1. The number of carbonyl (C=O) groups excluding carboxylic acids is 2. The maximum absolute atomic E-state index is 12.3. The lowest BCUT2D eigenvalue weighted by atomic mass is 9.97. The van der Waals surface area contributed by atoms with Crippen LogP contribution in [0.2, 0.25) is 0 Å². The van der Waals surface area contributed by atoms with E-state index in [1.54, 1.807) is 11.8 Å². The molecule has 2 amide bonds. The molecule has 0 unspecified atom stereocenters. The second-order valence-electron chi connectivity index (χ2n) is 5.39. The molecule has 1 atom stereocenters. The molecule has 2 saturated heterocycles. The van der Waals surface area contributed by atoms with E-state index in [1.807, 2.05) is 0 Å². The number of likely N-dealkylation sites (tertiary alicyclic amines) is 1. The molecule has 0 saturated carbocycles. The maximum Gasteiger partial charge on any atom is 0.410 e. The Bertz CT molecular complexity index is 544. The molecule has 1 aromatic rings. The minimum Gasteiger partial charge on any atom is -0.448 e. The van der Waals surface area contributed by atoms with Crippen molar-refractivity contribution in [1.29, 1.82) is 0 Å². The van der Waals surface area contributed by atoms with Gasteiger partial charge in [-0.15, -0.1) is 0 Å². The van der Waals surface area contributed by atoms with Crippen LogP contribution in [-0.4, -0.2) is 64.7 Å². The van der Waals surface area contributed by atoms with Gasteiger partial charge in [-0.3, -0.25) is 9.69 Å². The van der Waals surface area contributed by atoms with Crippen LogP contribution in [-0.2, 0) is 9.53 Å². The number of rotatable bonds is 3. The standard InChI is InChI=1S/C13H18N4O4/c1-9-14-12(15-21-9)10-3-2-4-16(7-10)11(18)8-17-5-6-20-13(17)19/h10H,2-8H2,1H3/t10-/m1/s1. The number of carbonyl (C=O) groups is 2. The number of hydrogen-bond donors (Lipinski definition) is 0. The molecule has 0 spiro atoms. The number of amides is 2. The van der Waals surface area contributed by atoms with Crippen molar-refractivity contribution < 1.29 is 18.8 Å². The highest BCUT2D eigenvalue weighted by Crippen LogP contribution is 2.25. The van der Waals surface area contributed by atoms with Gasteiger partial charge in [0.25, 0.3) is 0 Å². The Balaban J connectivity index is 1.60.